The van der Waals surface area contributed by atoms with Gasteiger partial charge in [-0.25, -0.2) is 0 Å². The second-order valence-corrected chi connectivity index (χ2v) is 5.26. The lowest BCUT2D eigenvalue weighted by Gasteiger charge is -2.16. The van der Waals surface area contributed by atoms with Crippen LogP contribution in [0.5, 0.6) is 0 Å². The van der Waals surface area contributed by atoms with Crippen molar-refractivity contribution in [1.29, 1.82) is 0 Å². The first-order valence-corrected chi connectivity index (χ1v) is 6.69. The molecule has 0 aliphatic heterocycles. The number of amides is 1. The Balaban J connectivity index is 2.67. The molecule has 0 aliphatic carbocycles. The van der Waals surface area contributed by atoms with Crippen LogP contribution in [0.1, 0.15) is 38.7 Å². The predicted octanol–water partition coefficient (Wildman–Crippen LogP) is 2.19. The van der Waals surface area contributed by atoms with E-state index in [1.54, 1.807) is 26.0 Å². The monoisotopic (exact) mass is 278 g/mol. The highest BCUT2D eigenvalue weighted by Gasteiger charge is 2.17. The largest absolute Gasteiger partial charge is 0.481 e. The summed E-state index contributed by atoms with van der Waals surface area (Å²) in [5.74, 6) is -1.26. The lowest BCUT2D eigenvalue weighted by Crippen LogP contribution is -2.34. The Labute approximate surface area is 119 Å². The highest BCUT2D eigenvalue weighted by Crippen LogP contribution is 2.21. The molecule has 3 unspecified atom stereocenters. The van der Waals surface area contributed by atoms with Crippen molar-refractivity contribution in [1.82, 2.24) is 0 Å². The van der Waals surface area contributed by atoms with Gasteiger partial charge in [0.25, 0.3) is 0 Å². The summed E-state index contributed by atoms with van der Waals surface area (Å²) in [5.41, 5.74) is 7.31. The molecule has 3 atom stereocenters. The zero-order valence-corrected chi connectivity index (χ0v) is 12.1. The Morgan fingerprint density at radius 3 is 2.20 bits per heavy atom. The van der Waals surface area contributed by atoms with Crippen LogP contribution in [0.3, 0.4) is 0 Å². The van der Waals surface area contributed by atoms with E-state index in [2.05, 4.69) is 5.32 Å². The number of nitrogens with two attached hydrogens (primary N) is 1. The molecule has 0 heterocycles. The number of hydrogen-bond acceptors (Lipinski definition) is 3. The van der Waals surface area contributed by atoms with E-state index in [1.165, 1.54) is 0 Å². The minimum absolute atomic E-state index is 0.0553. The van der Waals surface area contributed by atoms with Gasteiger partial charge in [0.15, 0.2) is 0 Å². The van der Waals surface area contributed by atoms with Gasteiger partial charge in [0.1, 0.15) is 0 Å². The lowest BCUT2D eigenvalue weighted by molar-refractivity contribution is -0.137. The number of carbonyl (C=O) groups is 2. The van der Waals surface area contributed by atoms with Crippen molar-refractivity contribution in [2.75, 3.05) is 5.32 Å². The molecular formula is C15H22N2O3. The molecule has 1 rings (SSSR count). The summed E-state index contributed by atoms with van der Waals surface area (Å²) in [6, 6.07) is 7.02. The summed E-state index contributed by atoms with van der Waals surface area (Å²) in [7, 11) is 0. The van der Waals surface area contributed by atoms with E-state index in [9.17, 15) is 9.59 Å². The number of aliphatic carboxylic acids is 1. The van der Waals surface area contributed by atoms with E-state index in [-0.39, 0.29) is 30.2 Å². The molecule has 20 heavy (non-hydrogen) atoms. The molecule has 0 radical (unpaired) electrons. The fraction of sp³-hybridized carbons (Fsp3) is 0.467. The first-order chi connectivity index (χ1) is 9.31. The second-order valence-electron chi connectivity index (χ2n) is 5.26. The summed E-state index contributed by atoms with van der Waals surface area (Å²) >= 11 is 0. The van der Waals surface area contributed by atoms with Crippen LogP contribution < -0.4 is 11.1 Å². The SMILES string of the molecule is CC(CC(=O)O)c1ccc(NC(=O)C(C)C(C)N)cc1. The van der Waals surface area contributed by atoms with Gasteiger partial charge in [-0.05, 0) is 30.5 Å². The van der Waals surface area contributed by atoms with Gasteiger partial charge >= 0.3 is 5.97 Å². The molecule has 1 amide bonds. The standard InChI is InChI=1S/C15H22N2O3/c1-9(8-14(18)19)12-4-6-13(7-5-12)17-15(20)10(2)11(3)16/h4-7,9-11H,8,16H2,1-3H3,(H,17,20)(H,18,19). The maximum Gasteiger partial charge on any atom is 0.303 e. The van der Waals surface area contributed by atoms with Crippen molar-refractivity contribution in [3.63, 3.8) is 0 Å². The van der Waals surface area contributed by atoms with E-state index < -0.39 is 5.97 Å². The normalized spacial score (nSPS) is 15.2. The number of anilines is 1. The highest BCUT2D eigenvalue weighted by molar-refractivity contribution is 5.92. The number of rotatable bonds is 6. The van der Waals surface area contributed by atoms with Crippen molar-refractivity contribution in [2.45, 2.75) is 39.2 Å². The van der Waals surface area contributed by atoms with Crippen molar-refractivity contribution in [2.24, 2.45) is 11.7 Å². The minimum atomic E-state index is -0.819. The summed E-state index contributed by atoms with van der Waals surface area (Å²) in [4.78, 5) is 22.5. The van der Waals surface area contributed by atoms with Gasteiger partial charge in [-0.2, -0.15) is 0 Å². The Kier molecular flexibility index (Phi) is 5.70. The van der Waals surface area contributed by atoms with Gasteiger partial charge in [-0.3, -0.25) is 9.59 Å². The van der Waals surface area contributed by atoms with Crippen LogP contribution in [0.25, 0.3) is 0 Å². The number of carboxylic acids is 1. The van der Waals surface area contributed by atoms with Gasteiger partial charge in [0.2, 0.25) is 5.91 Å². The van der Waals surface area contributed by atoms with Crippen molar-refractivity contribution >= 4 is 17.6 Å². The molecule has 0 saturated carbocycles. The molecule has 0 aromatic heterocycles. The van der Waals surface area contributed by atoms with Crippen LogP contribution in [0.15, 0.2) is 24.3 Å². The maximum atomic E-state index is 11.8. The van der Waals surface area contributed by atoms with Gasteiger partial charge in [-0.15, -0.1) is 0 Å². The Hall–Kier alpha value is -1.88. The van der Waals surface area contributed by atoms with Gasteiger partial charge in [0.05, 0.1) is 12.3 Å². The summed E-state index contributed by atoms with van der Waals surface area (Å²) in [6.45, 7) is 5.43. The van der Waals surface area contributed by atoms with E-state index in [4.69, 9.17) is 10.8 Å². The number of carboxylic acid groups (broad SMARTS) is 1. The second kappa shape index (κ2) is 7.05. The van der Waals surface area contributed by atoms with E-state index >= 15 is 0 Å². The zero-order valence-electron chi connectivity index (χ0n) is 12.1. The fourth-order valence-electron chi connectivity index (χ4n) is 1.77. The molecule has 0 spiro atoms. The van der Waals surface area contributed by atoms with E-state index in [0.717, 1.165) is 5.56 Å². The topological polar surface area (TPSA) is 92.4 Å². The number of carbonyl (C=O) groups excluding carboxylic acids is 1. The molecule has 5 heteroatoms. The van der Waals surface area contributed by atoms with Crippen LogP contribution in [-0.2, 0) is 9.59 Å². The van der Waals surface area contributed by atoms with Crippen molar-refractivity contribution < 1.29 is 14.7 Å². The Bertz CT molecular complexity index is 469. The first-order valence-electron chi connectivity index (χ1n) is 6.69. The molecule has 1 aromatic rings. The fourth-order valence-corrected chi connectivity index (χ4v) is 1.77. The number of benzene rings is 1. The lowest BCUT2D eigenvalue weighted by atomic mass is 9.97. The van der Waals surface area contributed by atoms with E-state index in [1.807, 2.05) is 19.1 Å². The van der Waals surface area contributed by atoms with Crippen molar-refractivity contribution in [3.05, 3.63) is 29.8 Å². The quantitative estimate of drug-likeness (QED) is 0.743. The molecule has 1 aromatic carbocycles. The van der Waals surface area contributed by atoms with Crippen LogP contribution >= 0.6 is 0 Å². The van der Waals surface area contributed by atoms with Crippen molar-refractivity contribution in [3.8, 4) is 0 Å². The first kappa shape index (κ1) is 16.2. The third-order valence-corrected chi connectivity index (χ3v) is 3.43. The van der Waals surface area contributed by atoms with Crippen LogP contribution in [-0.4, -0.2) is 23.0 Å². The molecular weight excluding hydrogens is 256 g/mol. The van der Waals surface area contributed by atoms with E-state index in [0.29, 0.717) is 5.69 Å². The molecule has 0 fully saturated rings. The molecule has 0 aliphatic rings. The number of nitrogens with one attached hydrogen (secondary N) is 1. The van der Waals surface area contributed by atoms with Crippen LogP contribution in [0.4, 0.5) is 5.69 Å². The molecule has 0 bridgehead atoms. The Morgan fingerprint density at radius 1 is 1.20 bits per heavy atom. The third kappa shape index (κ3) is 4.66. The predicted molar refractivity (Wildman–Crippen MR) is 78.6 cm³/mol. The maximum absolute atomic E-state index is 11.8. The zero-order chi connectivity index (χ0) is 15.3. The average Bonchev–Trinajstić information content (AvgIpc) is 2.37. The smallest absolute Gasteiger partial charge is 0.303 e. The summed E-state index contributed by atoms with van der Waals surface area (Å²) in [6.07, 6.45) is 0.0907. The minimum Gasteiger partial charge on any atom is -0.481 e. The van der Waals surface area contributed by atoms with Gasteiger partial charge < -0.3 is 16.2 Å². The summed E-state index contributed by atoms with van der Waals surface area (Å²) in [5, 5.41) is 11.6. The molecule has 0 saturated heterocycles. The number of hydrogen-bond donors (Lipinski definition) is 3. The van der Waals surface area contributed by atoms with Crippen LogP contribution in [0, 0.1) is 5.92 Å². The Morgan fingerprint density at radius 2 is 1.75 bits per heavy atom. The summed E-state index contributed by atoms with van der Waals surface area (Å²) < 4.78 is 0. The molecule has 110 valence electrons. The third-order valence-electron chi connectivity index (χ3n) is 3.43. The van der Waals surface area contributed by atoms with Crippen LogP contribution in [0.2, 0.25) is 0 Å². The molecule has 5 nitrogen and oxygen atoms in total. The average molecular weight is 278 g/mol. The highest BCUT2D eigenvalue weighted by atomic mass is 16.4. The van der Waals surface area contributed by atoms with Gasteiger partial charge in [-0.1, -0.05) is 26.0 Å². The molecule has 4 N–H and O–H groups in total. The van der Waals surface area contributed by atoms with Gasteiger partial charge in [0, 0.05) is 11.7 Å².